The standard InChI is InChI=1S/C34H40ClN3O4S/c1-43(41,42)37(24-29-15-9-4-10-16-29)26-33(39)38(25-30-17-19-31(35)20-18-30)32(23-28-13-7-3-8-14-28)34(40)36-22-21-27-11-5-2-6-12-27/h3-4,7-11,13-20,32H,2,5-6,12,21-26H2,1H3,(H,36,40). The minimum Gasteiger partial charge on any atom is -0.354 e. The Hall–Kier alpha value is -3.46. The van der Waals surface area contributed by atoms with Gasteiger partial charge in [-0.1, -0.05) is 96.0 Å². The summed E-state index contributed by atoms with van der Waals surface area (Å²) in [5.74, 6) is -0.723. The lowest BCUT2D eigenvalue weighted by Gasteiger charge is -2.33. The van der Waals surface area contributed by atoms with E-state index >= 15 is 0 Å². The maximum atomic E-state index is 14.1. The van der Waals surface area contributed by atoms with Crippen LogP contribution in [0.2, 0.25) is 5.02 Å². The number of rotatable bonds is 14. The van der Waals surface area contributed by atoms with Crippen LogP contribution in [0, 0.1) is 0 Å². The summed E-state index contributed by atoms with van der Waals surface area (Å²) in [4.78, 5) is 29.5. The van der Waals surface area contributed by atoms with Crippen molar-refractivity contribution in [1.82, 2.24) is 14.5 Å². The van der Waals surface area contributed by atoms with Crippen LogP contribution in [0.15, 0.2) is 96.6 Å². The van der Waals surface area contributed by atoms with Crippen molar-refractivity contribution in [2.75, 3.05) is 19.3 Å². The summed E-state index contributed by atoms with van der Waals surface area (Å²) in [7, 11) is -3.74. The van der Waals surface area contributed by atoms with E-state index in [1.165, 1.54) is 23.3 Å². The fraction of sp³-hybridized carbons (Fsp3) is 0.353. The van der Waals surface area contributed by atoms with Gasteiger partial charge in [-0.25, -0.2) is 8.42 Å². The van der Waals surface area contributed by atoms with Gasteiger partial charge in [-0.15, -0.1) is 0 Å². The van der Waals surface area contributed by atoms with Crippen LogP contribution in [0.25, 0.3) is 0 Å². The lowest BCUT2D eigenvalue weighted by molar-refractivity contribution is -0.141. The van der Waals surface area contributed by atoms with E-state index in [1.807, 2.05) is 72.8 Å². The van der Waals surface area contributed by atoms with Crippen molar-refractivity contribution in [3.63, 3.8) is 0 Å². The SMILES string of the molecule is CS(=O)(=O)N(CC(=O)N(Cc1ccc(Cl)cc1)C(Cc1ccccc1)C(=O)NCCC1=CCCCC1)Cc1ccccc1. The van der Waals surface area contributed by atoms with Gasteiger partial charge in [-0.3, -0.25) is 9.59 Å². The van der Waals surface area contributed by atoms with Crippen LogP contribution in [0.3, 0.4) is 0 Å². The summed E-state index contributed by atoms with van der Waals surface area (Å²) in [6.45, 7) is 0.245. The summed E-state index contributed by atoms with van der Waals surface area (Å²) in [5.41, 5.74) is 3.80. The van der Waals surface area contributed by atoms with E-state index < -0.39 is 28.5 Å². The zero-order valence-corrected chi connectivity index (χ0v) is 26.2. The summed E-state index contributed by atoms with van der Waals surface area (Å²) >= 11 is 6.13. The second-order valence-corrected chi connectivity index (χ2v) is 13.4. The van der Waals surface area contributed by atoms with Gasteiger partial charge in [0.05, 0.1) is 12.8 Å². The van der Waals surface area contributed by atoms with Crippen LogP contribution >= 0.6 is 11.6 Å². The van der Waals surface area contributed by atoms with Gasteiger partial charge in [0.25, 0.3) is 0 Å². The van der Waals surface area contributed by atoms with Crippen LogP contribution in [-0.4, -0.2) is 54.8 Å². The number of carbonyl (C=O) groups excluding carboxylic acids is 2. The van der Waals surface area contributed by atoms with Crippen molar-refractivity contribution in [2.45, 2.75) is 57.7 Å². The maximum absolute atomic E-state index is 14.1. The third-order valence-corrected chi connectivity index (χ3v) is 9.10. The molecule has 228 valence electrons. The molecule has 0 aliphatic heterocycles. The lowest BCUT2D eigenvalue weighted by Crippen LogP contribution is -2.53. The fourth-order valence-electron chi connectivity index (χ4n) is 5.26. The molecule has 3 aromatic rings. The van der Waals surface area contributed by atoms with Crippen molar-refractivity contribution in [3.8, 4) is 0 Å². The first kappa shape index (κ1) is 32.5. The average molecular weight is 622 g/mol. The van der Waals surface area contributed by atoms with Crippen LogP contribution in [0.4, 0.5) is 0 Å². The van der Waals surface area contributed by atoms with Crippen molar-refractivity contribution < 1.29 is 18.0 Å². The highest BCUT2D eigenvalue weighted by atomic mass is 35.5. The second-order valence-electron chi connectivity index (χ2n) is 11.0. The number of carbonyl (C=O) groups is 2. The molecular formula is C34H40ClN3O4S. The summed E-state index contributed by atoms with van der Waals surface area (Å²) in [5, 5.41) is 3.64. The minimum atomic E-state index is -3.74. The van der Waals surface area contributed by atoms with Crippen LogP contribution in [0.5, 0.6) is 0 Å². The fourth-order valence-corrected chi connectivity index (χ4v) is 6.11. The highest BCUT2D eigenvalue weighted by Gasteiger charge is 2.33. The Kier molecular flexibility index (Phi) is 12.0. The number of hydrogen-bond donors (Lipinski definition) is 1. The number of allylic oxidation sites excluding steroid dienone is 1. The average Bonchev–Trinajstić information content (AvgIpc) is 3.00. The van der Waals surface area contributed by atoms with Gasteiger partial charge in [0.1, 0.15) is 6.04 Å². The number of benzene rings is 3. The highest BCUT2D eigenvalue weighted by Crippen LogP contribution is 2.21. The van der Waals surface area contributed by atoms with Gasteiger partial charge in [0.2, 0.25) is 21.8 Å². The third kappa shape index (κ3) is 10.3. The number of halogens is 1. The van der Waals surface area contributed by atoms with E-state index in [-0.39, 0.29) is 25.4 Å². The number of hydrogen-bond acceptors (Lipinski definition) is 4. The van der Waals surface area contributed by atoms with Crippen molar-refractivity contribution in [2.24, 2.45) is 0 Å². The first-order chi connectivity index (χ1) is 20.7. The first-order valence-electron chi connectivity index (χ1n) is 14.7. The van der Waals surface area contributed by atoms with E-state index in [4.69, 9.17) is 11.6 Å². The Balaban J connectivity index is 1.63. The van der Waals surface area contributed by atoms with Gasteiger partial charge in [-0.05, 0) is 60.9 Å². The Bertz CT molecular complexity index is 1480. The molecule has 0 radical (unpaired) electrons. The molecule has 0 spiro atoms. The minimum absolute atomic E-state index is 0.0465. The zero-order valence-electron chi connectivity index (χ0n) is 24.6. The molecule has 0 saturated carbocycles. The van der Waals surface area contributed by atoms with Crippen molar-refractivity contribution >= 4 is 33.4 Å². The number of nitrogens with zero attached hydrogens (tertiary/aromatic N) is 2. The molecule has 0 bridgehead atoms. The normalized spacial score (nSPS) is 14.2. The Morgan fingerprint density at radius 2 is 1.49 bits per heavy atom. The molecule has 1 N–H and O–H groups in total. The molecule has 1 aliphatic carbocycles. The van der Waals surface area contributed by atoms with E-state index in [9.17, 15) is 18.0 Å². The molecule has 1 aliphatic rings. The Morgan fingerprint density at radius 1 is 0.860 bits per heavy atom. The van der Waals surface area contributed by atoms with Crippen LogP contribution < -0.4 is 5.32 Å². The zero-order chi connectivity index (χ0) is 30.7. The van der Waals surface area contributed by atoms with Crippen LogP contribution in [0.1, 0.15) is 48.8 Å². The molecule has 1 unspecified atom stereocenters. The second kappa shape index (κ2) is 15.8. The predicted octanol–water partition coefficient (Wildman–Crippen LogP) is 5.75. The molecule has 0 saturated heterocycles. The van der Waals surface area contributed by atoms with Gasteiger partial charge >= 0.3 is 0 Å². The summed E-state index contributed by atoms with van der Waals surface area (Å²) < 4.78 is 26.8. The quantitative estimate of drug-likeness (QED) is 0.232. The molecule has 0 aromatic heterocycles. The molecule has 1 atom stereocenters. The molecule has 0 fully saturated rings. The molecule has 3 aromatic carbocycles. The number of sulfonamides is 1. The number of amides is 2. The first-order valence-corrected chi connectivity index (χ1v) is 16.9. The van der Waals surface area contributed by atoms with Gasteiger partial charge in [0.15, 0.2) is 0 Å². The van der Waals surface area contributed by atoms with E-state index in [2.05, 4.69) is 11.4 Å². The lowest BCUT2D eigenvalue weighted by atomic mass is 9.97. The van der Waals surface area contributed by atoms with E-state index in [1.54, 1.807) is 12.1 Å². The molecule has 7 nitrogen and oxygen atoms in total. The Labute approximate surface area is 260 Å². The van der Waals surface area contributed by atoms with E-state index in [0.29, 0.717) is 11.6 Å². The maximum Gasteiger partial charge on any atom is 0.243 e. The van der Waals surface area contributed by atoms with E-state index in [0.717, 1.165) is 46.5 Å². The number of nitrogens with one attached hydrogen (secondary N) is 1. The molecule has 0 heterocycles. The molecule has 2 amide bonds. The molecule has 4 rings (SSSR count). The molecule has 43 heavy (non-hydrogen) atoms. The smallest absolute Gasteiger partial charge is 0.243 e. The van der Waals surface area contributed by atoms with Crippen LogP contribution in [-0.2, 0) is 39.1 Å². The monoisotopic (exact) mass is 621 g/mol. The summed E-state index contributed by atoms with van der Waals surface area (Å²) in [6.07, 6.45) is 8.91. The summed E-state index contributed by atoms with van der Waals surface area (Å²) in [6, 6.07) is 25.0. The highest BCUT2D eigenvalue weighted by molar-refractivity contribution is 7.88. The largest absolute Gasteiger partial charge is 0.354 e. The van der Waals surface area contributed by atoms with Gasteiger partial charge < -0.3 is 10.2 Å². The van der Waals surface area contributed by atoms with Gasteiger partial charge in [-0.2, -0.15) is 4.31 Å². The van der Waals surface area contributed by atoms with Crippen molar-refractivity contribution in [1.29, 1.82) is 0 Å². The van der Waals surface area contributed by atoms with Crippen molar-refractivity contribution in [3.05, 3.63) is 118 Å². The topological polar surface area (TPSA) is 86.8 Å². The molecular weight excluding hydrogens is 582 g/mol. The molecule has 9 heteroatoms. The predicted molar refractivity (Wildman–Crippen MR) is 172 cm³/mol. The third-order valence-electron chi connectivity index (χ3n) is 7.65. The van der Waals surface area contributed by atoms with Gasteiger partial charge in [0, 0.05) is 31.1 Å². The Morgan fingerprint density at radius 3 is 2.09 bits per heavy atom.